The minimum Gasteiger partial charge on any atom is -0.482 e. The van der Waals surface area contributed by atoms with Crippen LogP contribution in [0.15, 0.2) is 89.9 Å². The lowest BCUT2D eigenvalue weighted by Crippen LogP contribution is -2.19. The average Bonchev–Trinajstić information content (AvgIpc) is 3.13. The third-order valence-electron chi connectivity index (χ3n) is 6.05. The Morgan fingerprint density at radius 2 is 2.03 bits per heavy atom. The zero-order chi connectivity index (χ0) is 23.8. The van der Waals surface area contributed by atoms with Gasteiger partial charge in [0.2, 0.25) is 0 Å². The van der Waals surface area contributed by atoms with Crippen molar-refractivity contribution in [3.05, 3.63) is 101 Å². The molecule has 0 saturated heterocycles. The van der Waals surface area contributed by atoms with E-state index in [0.717, 1.165) is 48.1 Å². The van der Waals surface area contributed by atoms with Crippen molar-refractivity contribution in [2.24, 2.45) is 11.1 Å². The molecule has 2 unspecified atom stereocenters. The number of aliphatic carboxylic acids is 1. The summed E-state index contributed by atoms with van der Waals surface area (Å²) in [5, 5.41) is 16.5. The summed E-state index contributed by atoms with van der Waals surface area (Å²) in [5.74, 6) is 0.175. The monoisotopic (exact) mass is 458 g/mol. The van der Waals surface area contributed by atoms with Crippen LogP contribution in [0.25, 0.3) is 0 Å². The SMILES string of the molecule is CC(CC1CCc2c(cccc2OCC(=O)O)C1)=NOC(C1=CC=CNC=C1)c1ccccc1. The van der Waals surface area contributed by atoms with Gasteiger partial charge in [0.1, 0.15) is 5.75 Å². The van der Waals surface area contributed by atoms with Crippen molar-refractivity contribution in [1.29, 1.82) is 0 Å². The van der Waals surface area contributed by atoms with Crippen molar-refractivity contribution >= 4 is 11.7 Å². The third-order valence-corrected chi connectivity index (χ3v) is 6.05. The van der Waals surface area contributed by atoms with Gasteiger partial charge in [0.25, 0.3) is 0 Å². The molecular weight excluding hydrogens is 428 g/mol. The van der Waals surface area contributed by atoms with Crippen LogP contribution in [0.4, 0.5) is 0 Å². The summed E-state index contributed by atoms with van der Waals surface area (Å²) in [6, 6.07) is 16.0. The molecule has 2 atom stereocenters. The molecule has 0 radical (unpaired) electrons. The van der Waals surface area contributed by atoms with E-state index in [1.165, 1.54) is 5.56 Å². The van der Waals surface area contributed by atoms with Crippen LogP contribution >= 0.6 is 0 Å². The highest BCUT2D eigenvalue weighted by molar-refractivity contribution is 5.81. The van der Waals surface area contributed by atoms with Gasteiger partial charge >= 0.3 is 5.97 Å². The van der Waals surface area contributed by atoms with E-state index in [-0.39, 0.29) is 12.7 Å². The van der Waals surface area contributed by atoms with Crippen LogP contribution in [0, 0.1) is 5.92 Å². The lowest BCUT2D eigenvalue weighted by molar-refractivity contribution is -0.139. The van der Waals surface area contributed by atoms with E-state index in [1.54, 1.807) is 0 Å². The Morgan fingerprint density at radius 3 is 2.85 bits per heavy atom. The molecule has 1 heterocycles. The van der Waals surface area contributed by atoms with Crippen molar-refractivity contribution in [1.82, 2.24) is 5.32 Å². The molecule has 0 bridgehead atoms. The molecule has 6 heteroatoms. The highest BCUT2D eigenvalue weighted by atomic mass is 16.6. The van der Waals surface area contributed by atoms with Gasteiger partial charge in [-0.1, -0.05) is 53.7 Å². The van der Waals surface area contributed by atoms with Crippen LogP contribution in [0.5, 0.6) is 5.75 Å². The fourth-order valence-corrected chi connectivity index (χ4v) is 4.48. The molecule has 0 saturated carbocycles. The Bertz CT molecular complexity index is 1120. The van der Waals surface area contributed by atoms with Crippen LogP contribution in [0.3, 0.4) is 0 Å². The van der Waals surface area contributed by atoms with Crippen LogP contribution < -0.4 is 10.1 Å². The Balaban J connectivity index is 1.43. The van der Waals surface area contributed by atoms with E-state index in [2.05, 4.69) is 16.5 Å². The van der Waals surface area contributed by atoms with E-state index < -0.39 is 5.97 Å². The molecule has 0 aromatic heterocycles. The number of carboxylic acids is 1. The number of hydrogen-bond donors (Lipinski definition) is 2. The van der Waals surface area contributed by atoms with Gasteiger partial charge in [-0.2, -0.15) is 0 Å². The first-order valence-corrected chi connectivity index (χ1v) is 11.6. The van der Waals surface area contributed by atoms with Gasteiger partial charge in [0.05, 0.1) is 5.71 Å². The molecule has 2 N–H and O–H groups in total. The lowest BCUT2D eigenvalue weighted by Gasteiger charge is -2.26. The van der Waals surface area contributed by atoms with Gasteiger partial charge in [0.15, 0.2) is 12.7 Å². The number of ether oxygens (including phenoxy) is 1. The number of oxime groups is 1. The fourth-order valence-electron chi connectivity index (χ4n) is 4.48. The molecule has 4 rings (SSSR count). The maximum atomic E-state index is 10.9. The summed E-state index contributed by atoms with van der Waals surface area (Å²) in [6.07, 6.45) is 13.1. The number of nitrogens with zero attached hydrogens (tertiary/aromatic N) is 1. The molecule has 176 valence electrons. The maximum Gasteiger partial charge on any atom is 0.341 e. The first kappa shape index (κ1) is 23.4. The minimum absolute atomic E-state index is 0.294. The Hall–Kier alpha value is -3.80. The number of carbonyl (C=O) groups is 1. The second kappa shape index (κ2) is 11.4. The second-order valence-electron chi connectivity index (χ2n) is 8.64. The zero-order valence-electron chi connectivity index (χ0n) is 19.3. The molecule has 6 nitrogen and oxygen atoms in total. The number of nitrogens with one attached hydrogen (secondary N) is 1. The molecule has 2 aliphatic rings. The Morgan fingerprint density at radius 1 is 1.18 bits per heavy atom. The van der Waals surface area contributed by atoms with Gasteiger partial charge in [-0.05, 0) is 73.4 Å². The van der Waals surface area contributed by atoms with Gasteiger partial charge in [-0.25, -0.2) is 4.79 Å². The first-order valence-electron chi connectivity index (χ1n) is 11.6. The number of carboxylic acid groups (broad SMARTS) is 1. The third kappa shape index (κ3) is 6.16. The number of hydrogen-bond acceptors (Lipinski definition) is 5. The van der Waals surface area contributed by atoms with Crippen molar-refractivity contribution in [2.45, 2.75) is 38.7 Å². The Labute approximate surface area is 200 Å². The van der Waals surface area contributed by atoms with Gasteiger partial charge in [-0.3, -0.25) is 0 Å². The summed E-state index contributed by atoms with van der Waals surface area (Å²) in [5.41, 5.74) is 5.38. The molecule has 0 amide bonds. The van der Waals surface area contributed by atoms with Gasteiger partial charge < -0.3 is 20.0 Å². The van der Waals surface area contributed by atoms with Crippen molar-refractivity contribution in [2.75, 3.05) is 6.61 Å². The number of allylic oxidation sites excluding steroid dienone is 2. The number of fused-ring (bicyclic) bond motifs is 1. The molecule has 0 fully saturated rings. The van der Waals surface area contributed by atoms with Crippen LogP contribution in [-0.4, -0.2) is 23.4 Å². The minimum atomic E-state index is -0.964. The summed E-state index contributed by atoms with van der Waals surface area (Å²) in [4.78, 5) is 17.0. The van der Waals surface area contributed by atoms with E-state index in [1.807, 2.05) is 80.0 Å². The molecule has 34 heavy (non-hydrogen) atoms. The van der Waals surface area contributed by atoms with Crippen LogP contribution in [-0.2, 0) is 22.5 Å². The normalized spacial score (nSPS) is 18.2. The Kier molecular flexibility index (Phi) is 7.81. The molecule has 1 aliphatic heterocycles. The highest BCUT2D eigenvalue weighted by Crippen LogP contribution is 2.34. The average molecular weight is 459 g/mol. The largest absolute Gasteiger partial charge is 0.482 e. The predicted octanol–water partition coefficient (Wildman–Crippen LogP) is 5.34. The van der Waals surface area contributed by atoms with Crippen molar-refractivity contribution in [3.8, 4) is 5.75 Å². The van der Waals surface area contributed by atoms with Crippen LogP contribution in [0.2, 0.25) is 0 Å². The van der Waals surface area contributed by atoms with Crippen molar-refractivity contribution < 1.29 is 19.5 Å². The highest BCUT2D eigenvalue weighted by Gasteiger charge is 2.23. The maximum absolute atomic E-state index is 10.9. The van der Waals surface area contributed by atoms with Gasteiger partial charge in [-0.15, -0.1) is 0 Å². The van der Waals surface area contributed by atoms with E-state index >= 15 is 0 Å². The van der Waals surface area contributed by atoms with E-state index in [4.69, 9.17) is 14.7 Å². The summed E-state index contributed by atoms with van der Waals surface area (Å²) < 4.78 is 5.49. The number of rotatable bonds is 9. The molecule has 2 aromatic rings. The second-order valence-corrected chi connectivity index (χ2v) is 8.64. The first-order chi connectivity index (χ1) is 16.6. The summed E-state index contributed by atoms with van der Waals surface area (Å²) in [6.45, 7) is 1.70. The van der Waals surface area contributed by atoms with E-state index in [9.17, 15) is 4.79 Å². The summed E-state index contributed by atoms with van der Waals surface area (Å²) in [7, 11) is 0. The fraction of sp³-hybridized carbons (Fsp3) is 0.286. The molecule has 0 spiro atoms. The van der Waals surface area contributed by atoms with Crippen LogP contribution in [0.1, 0.15) is 42.6 Å². The zero-order valence-corrected chi connectivity index (χ0v) is 19.3. The topological polar surface area (TPSA) is 80.2 Å². The van der Waals surface area contributed by atoms with Crippen molar-refractivity contribution in [3.63, 3.8) is 0 Å². The van der Waals surface area contributed by atoms with E-state index in [0.29, 0.717) is 11.7 Å². The standard InChI is InChI=1S/C28H30N2O4/c1-20(17-21-12-13-25-24(18-21)9-5-11-26(25)33-19-27(31)32)30-34-28(22-7-3-2-4-8-22)23-10-6-15-29-16-14-23/h2-11,14-16,21,28-29H,12-13,17-19H2,1H3,(H,31,32). The molecular formula is C28H30N2O4. The predicted molar refractivity (Wildman–Crippen MR) is 133 cm³/mol. The van der Waals surface area contributed by atoms with Gasteiger partial charge in [0, 0.05) is 18.0 Å². The quantitative estimate of drug-likeness (QED) is 0.392. The molecule has 2 aromatic carbocycles. The summed E-state index contributed by atoms with van der Waals surface area (Å²) >= 11 is 0. The molecule has 1 aliphatic carbocycles. The smallest absolute Gasteiger partial charge is 0.341 e. The lowest BCUT2D eigenvalue weighted by atomic mass is 9.81. The number of benzene rings is 2.